The lowest BCUT2D eigenvalue weighted by molar-refractivity contribution is 0.640. The van der Waals surface area contributed by atoms with Crippen LogP contribution in [-0.2, 0) is 6.42 Å². The van der Waals surface area contributed by atoms with Crippen LogP contribution in [0.1, 0.15) is 12.6 Å². The van der Waals surface area contributed by atoms with E-state index in [0.29, 0.717) is 5.39 Å². The van der Waals surface area contributed by atoms with Gasteiger partial charge in [0.05, 0.1) is 0 Å². The van der Waals surface area contributed by atoms with Gasteiger partial charge in [-0.1, -0.05) is 6.07 Å². The van der Waals surface area contributed by atoms with Crippen molar-refractivity contribution in [2.75, 3.05) is 0 Å². The maximum Gasteiger partial charge on any atom is 0.132 e. The molecule has 0 radical (unpaired) electrons. The molecule has 2 aromatic rings. The topological polar surface area (TPSA) is 41.8 Å². The molecular formula is C11H13FN2. The molecule has 0 amide bonds. The van der Waals surface area contributed by atoms with Crippen LogP contribution in [0, 0.1) is 5.82 Å². The maximum atomic E-state index is 13.3. The van der Waals surface area contributed by atoms with E-state index in [1.54, 1.807) is 6.07 Å². The predicted octanol–water partition coefficient (Wildman–Crippen LogP) is 2.20. The van der Waals surface area contributed by atoms with Crippen molar-refractivity contribution in [2.24, 2.45) is 5.73 Å². The van der Waals surface area contributed by atoms with Crippen molar-refractivity contribution >= 4 is 10.9 Å². The summed E-state index contributed by atoms with van der Waals surface area (Å²) in [4.78, 5) is 3.15. The summed E-state index contributed by atoms with van der Waals surface area (Å²) >= 11 is 0. The number of aromatic nitrogens is 1. The smallest absolute Gasteiger partial charge is 0.132 e. The van der Waals surface area contributed by atoms with Gasteiger partial charge >= 0.3 is 0 Å². The third-order valence-electron chi connectivity index (χ3n) is 2.21. The largest absolute Gasteiger partial charge is 0.358 e. The Kier molecular flexibility index (Phi) is 2.25. The van der Waals surface area contributed by atoms with Crippen LogP contribution in [0.2, 0.25) is 0 Å². The van der Waals surface area contributed by atoms with Crippen LogP contribution in [0.4, 0.5) is 4.39 Å². The molecule has 74 valence electrons. The fourth-order valence-corrected chi connectivity index (χ4v) is 1.63. The second kappa shape index (κ2) is 3.42. The van der Waals surface area contributed by atoms with Crippen LogP contribution >= 0.6 is 0 Å². The molecule has 2 nitrogen and oxygen atoms in total. The first-order valence-corrected chi connectivity index (χ1v) is 4.68. The van der Waals surface area contributed by atoms with Gasteiger partial charge in [-0.15, -0.1) is 0 Å². The lowest BCUT2D eigenvalue weighted by Crippen LogP contribution is -2.17. The van der Waals surface area contributed by atoms with Gasteiger partial charge in [0, 0.05) is 29.1 Å². The zero-order chi connectivity index (χ0) is 10.1. The molecule has 0 aliphatic heterocycles. The number of hydrogen-bond acceptors (Lipinski definition) is 1. The first kappa shape index (κ1) is 9.21. The SMILES string of the molecule is CC(N)Cc1cc2c(F)cccc2[nH]1. The lowest BCUT2D eigenvalue weighted by Gasteiger charge is -2.00. The summed E-state index contributed by atoms with van der Waals surface area (Å²) in [6, 6.07) is 6.94. The van der Waals surface area contributed by atoms with Gasteiger partial charge in [-0.05, 0) is 25.1 Å². The highest BCUT2D eigenvalue weighted by atomic mass is 19.1. The standard InChI is InChI=1S/C11H13FN2/c1-7(13)5-8-6-9-10(12)3-2-4-11(9)14-8/h2-4,6-7,14H,5,13H2,1H3. The van der Waals surface area contributed by atoms with Crippen molar-refractivity contribution in [1.82, 2.24) is 4.98 Å². The highest BCUT2D eigenvalue weighted by Gasteiger charge is 2.05. The molecule has 1 atom stereocenters. The van der Waals surface area contributed by atoms with Crippen molar-refractivity contribution < 1.29 is 4.39 Å². The summed E-state index contributed by atoms with van der Waals surface area (Å²) in [5.74, 6) is -0.185. The van der Waals surface area contributed by atoms with Gasteiger partial charge in [0.1, 0.15) is 5.82 Å². The Labute approximate surface area is 81.9 Å². The number of benzene rings is 1. The van der Waals surface area contributed by atoms with Crippen molar-refractivity contribution in [3.63, 3.8) is 0 Å². The molecule has 0 saturated heterocycles. The van der Waals surface area contributed by atoms with Crippen molar-refractivity contribution in [1.29, 1.82) is 0 Å². The molecule has 0 fully saturated rings. The van der Waals surface area contributed by atoms with E-state index in [1.165, 1.54) is 6.07 Å². The van der Waals surface area contributed by atoms with E-state index >= 15 is 0 Å². The zero-order valence-corrected chi connectivity index (χ0v) is 8.05. The Morgan fingerprint density at radius 2 is 2.29 bits per heavy atom. The monoisotopic (exact) mass is 192 g/mol. The number of nitrogens with two attached hydrogens (primary N) is 1. The maximum absolute atomic E-state index is 13.3. The molecule has 0 aliphatic rings. The minimum absolute atomic E-state index is 0.0890. The van der Waals surface area contributed by atoms with Gasteiger partial charge in [-0.2, -0.15) is 0 Å². The summed E-state index contributed by atoms with van der Waals surface area (Å²) < 4.78 is 13.3. The Morgan fingerprint density at radius 1 is 1.50 bits per heavy atom. The highest BCUT2D eigenvalue weighted by Crippen LogP contribution is 2.19. The predicted molar refractivity (Wildman–Crippen MR) is 55.6 cm³/mol. The molecule has 0 saturated carbocycles. The van der Waals surface area contributed by atoms with E-state index in [0.717, 1.165) is 17.6 Å². The normalized spacial score (nSPS) is 13.4. The van der Waals surface area contributed by atoms with Crippen LogP contribution in [0.5, 0.6) is 0 Å². The van der Waals surface area contributed by atoms with E-state index < -0.39 is 0 Å². The summed E-state index contributed by atoms with van der Waals surface area (Å²) in [5.41, 5.74) is 7.49. The molecule has 14 heavy (non-hydrogen) atoms. The Morgan fingerprint density at radius 3 is 2.93 bits per heavy atom. The number of nitrogens with one attached hydrogen (secondary N) is 1. The Bertz CT molecular complexity index is 445. The van der Waals surface area contributed by atoms with Gasteiger partial charge in [-0.3, -0.25) is 0 Å². The van der Waals surface area contributed by atoms with Crippen molar-refractivity contribution in [3.05, 3.63) is 35.8 Å². The molecular weight excluding hydrogens is 179 g/mol. The number of rotatable bonds is 2. The molecule has 3 heteroatoms. The molecule has 3 N–H and O–H groups in total. The van der Waals surface area contributed by atoms with E-state index in [4.69, 9.17) is 5.73 Å². The van der Waals surface area contributed by atoms with Crippen LogP contribution in [-0.4, -0.2) is 11.0 Å². The minimum Gasteiger partial charge on any atom is -0.358 e. The quantitative estimate of drug-likeness (QED) is 0.752. The van der Waals surface area contributed by atoms with Crippen LogP contribution in [0.3, 0.4) is 0 Å². The first-order valence-electron chi connectivity index (χ1n) is 4.68. The summed E-state index contributed by atoms with van der Waals surface area (Å²) in [6.07, 6.45) is 0.744. The van der Waals surface area contributed by atoms with Crippen LogP contribution < -0.4 is 5.73 Å². The number of aromatic amines is 1. The van der Waals surface area contributed by atoms with Gasteiger partial charge in [0.2, 0.25) is 0 Å². The molecule has 1 unspecified atom stereocenters. The number of fused-ring (bicyclic) bond motifs is 1. The fourth-order valence-electron chi connectivity index (χ4n) is 1.63. The third-order valence-corrected chi connectivity index (χ3v) is 2.21. The highest BCUT2D eigenvalue weighted by molar-refractivity contribution is 5.80. The minimum atomic E-state index is -0.185. The molecule has 1 heterocycles. The van der Waals surface area contributed by atoms with Crippen molar-refractivity contribution in [2.45, 2.75) is 19.4 Å². The van der Waals surface area contributed by atoms with Crippen LogP contribution in [0.15, 0.2) is 24.3 Å². The molecule has 1 aromatic carbocycles. The summed E-state index contributed by atoms with van der Waals surface area (Å²) in [6.45, 7) is 1.93. The first-order chi connectivity index (χ1) is 6.66. The van der Waals surface area contributed by atoms with E-state index in [1.807, 2.05) is 19.1 Å². The Balaban J connectivity index is 2.46. The summed E-state index contributed by atoms with van der Waals surface area (Å²) in [7, 11) is 0. The zero-order valence-electron chi connectivity index (χ0n) is 8.05. The average Bonchev–Trinajstić information content (AvgIpc) is 2.47. The van der Waals surface area contributed by atoms with Gasteiger partial charge in [0.15, 0.2) is 0 Å². The van der Waals surface area contributed by atoms with Crippen LogP contribution in [0.25, 0.3) is 10.9 Å². The molecule has 0 bridgehead atoms. The molecule has 0 spiro atoms. The second-order valence-corrected chi connectivity index (χ2v) is 3.68. The Hall–Kier alpha value is -1.35. The molecule has 1 aromatic heterocycles. The van der Waals surface area contributed by atoms with Crippen molar-refractivity contribution in [3.8, 4) is 0 Å². The molecule has 0 aliphatic carbocycles. The number of halogens is 1. The van der Waals surface area contributed by atoms with E-state index in [2.05, 4.69) is 4.98 Å². The number of H-pyrrole nitrogens is 1. The fraction of sp³-hybridized carbons (Fsp3) is 0.273. The third kappa shape index (κ3) is 1.63. The van der Waals surface area contributed by atoms with Gasteiger partial charge < -0.3 is 10.7 Å². The number of hydrogen-bond donors (Lipinski definition) is 2. The van der Waals surface area contributed by atoms with E-state index in [9.17, 15) is 4.39 Å². The van der Waals surface area contributed by atoms with Gasteiger partial charge in [0.25, 0.3) is 0 Å². The molecule has 2 rings (SSSR count). The lowest BCUT2D eigenvalue weighted by atomic mass is 10.2. The second-order valence-electron chi connectivity index (χ2n) is 3.68. The van der Waals surface area contributed by atoms with E-state index in [-0.39, 0.29) is 11.9 Å². The van der Waals surface area contributed by atoms with Gasteiger partial charge in [-0.25, -0.2) is 4.39 Å². The summed E-state index contributed by atoms with van der Waals surface area (Å²) in [5, 5.41) is 0.642. The average molecular weight is 192 g/mol.